The van der Waals surface area contributed by atoms with Crippen molar-refractivity contribution in [3.05, 3.63) is 58.7 Å². The van der Waals surface area contributed by atoms with Crippen LogP contribution < -0.4 is 0 Å². The van der Waals surface area contributed by atoms with Crippen LogP contribution in [-0.4, -0.2) is 14.2 Å². The predicted octanol–water partition coefficient (Wildman–Crippen LogP) is 2.50. The second-order valence-electron chi connectivity index (χ2n) is 4.84. The van der Waals surface area contributed by atoms with Crippen LogP contribution in [0.4, 0.5) is 0 Å². The lowest BCUT2D eigenvalue weighted by atomic mass is 9.99. The van der Waals surface area contributed by atoms with Crippen LogP contribution in [0.3, 0.4) is 0 Å². The van der Waals surface area contributed by atoms with Gasteiger partial charge in [0.2, 0.25) is 9.84 Å². The van der Waals surface area contributed by atoms with E-state index in [2.05, 4.69) is 0 Å². The summed E-state index contributed by atoms with van der Waals surface area (Å²) in [6.45, 7) is 1.94. The van der Waals surface area contributed by atoms with Crippen molar-refractivity contribution in [2.45, 2.75) is 23.1 Å². The molecule has 1 heterocycles. The second-order valence-corrected chi connectivity index (χ2v) is 6.73. The molecule has 0 aliphatic carbocycles. The maximum absolute atomic E-state index is 12.6. The summed E-state index contributed by atoms with van der Waals surface area (Å²) in [4.78, 5) is 12.5. The van der Waals surface area contributed by atoms with E-state index in [0.717, 1.165) is 12.0 Å². The van der Waals surface area contributed by atoms with Crippen molar-refractivity contribution in [2.75, 3.05) is 0 Å². The minimum Gasteiger partial charge on any atom is -0.289 e. The first-order valence-electron chi connectivity index (χ1n) is 6.46. The van der Waals surface area contributed by atoms with Crippen LogP contribution in [0.15, 0.2) is 46.2 Å². The van der Waals surface area contributed by atoms with Crippen LogP contribution in [-0.2, 0) is 16.3 Å². The first-order chi connectivity index (χ1) is 9.98. The Morgan fingerprint density at radius 2 is 1.81 bits per heavy atom. The van der Waals surface area contributed by atoms with E-state index in [1.807, 2.05) is 13.0 Å². The summed E-state index contributed by atoms with van der Waals surface area (Å²) in [6, 6.07) is 10.9. The molecule has 0 saturated carbocycles. The fourth-order valence-electron chi connectivity index (χ4n) is 2.47. The number of rotatable bonds is 1. The molecule has 0 atom stereocenters. The van der Waals surface area contributed by atoms with E-state index in [-0.39, 0.29) is 32.3 Å². The van der Waals surface area contributed by atoms with Crippen molar-refractivity contribution in [1.82, 2.24) is 0 Å². The Hall–Kier alpha value is -2.45. The van der Waals surface area contributed by atoms with Crippen molar-refractivity contribution >= 4 is 15.6 Å². The van der Waals surface area contributed by atoms with E-state index < -0.39 is 9.84 Å². The van der Waals surface area contributed by atoms with Crippen molar-refractivity contribution in [2.24, 2.45) is 0 Å². The van der Waals surface area contributed by atoms with Crippen molar-refractivity contribution in [1.29, 1.82) is 5.26 Å². The third-order valence-corrected chi connectivity index (χ3v) is 5.48. The first kappa shape index (κ1) is 13.5. The van der Waals surface area contributed by atoms with Crippen LogP contribution in [0.2, 0.25) is 0 Å². The molecule has 21 heavy (non-hydrogen) atoms. The van der Waals surface area contributed by atoms with E-state index in [0.29, 0.717) is 0 Å². The molecule has 2 aromatic rings. The molecular formula is C16H11NO3S. The molecule has 1 aliphatic rings. The number of ketones is 1. The molecule has 3 rings (SSSR count). The number of nitrogens with zero attached hydrogens (tertiary/aromatic N) is 1. The lowest BCUT2D eigenvalue weighted by Crippen LogP contribution is -2.20. The third-order valence-electron chi connectivity index (χ3n) is 3.63. The van der Waals surface area contributed by atoms with Crippen LogP contribution >= 0.6 is 0 Å². The fraction of sp³-hybridized carbons (Fsp3) is 0.125. The molecular weight excluding hydrogens is 286 g/mol. The summed E-state index contributed by atoms with van der Waals surface area (Å²) in [7, 11) is -3.76. The summed E-state index contributed by atoms with van der Waals surface area (Å²) in [5.41, 5.74) is 1.48. The number of sulfone groups is 1. The highest BCUT2D eigenvalue weighted by Crippen LogP contribution is 2.35. The monoisotopic (exact) mass is 297 g/mol. The third kappa shape index (κ3) is 1.88. The number of nitriles is 1. The van der Waals surface area contributed by atoms with Gasteiger partial charge in [-0.1, -0.05) is 13.0 Å². The first-order valence-corrected chi connectivity index (χ1v) is 7.94. The van der Waals surface area contributed by atoms with Gasteiger partial charge in [-0.05, 0) is 42.3 Å². The molecule has 104 valence electrons. The summed E-state index contributed by atoms with van der Waals surface area (Å²) in [6.07, 6.45) is 0.723. The van der Waals surface area contributed by atoms with Gasteiger partial charge in [0, 0.05) is 11.1 Å². The van der Waals surface area contributed by atoms with Crippen LogP contribution in [0.5, 0.6) is 0 Å². The van der Waals surface area contributed by atoms with Gasteiger partial charge in [0.15, 0.2) is 5.78 Å². The van der Waals surface area contributed by atoms with Gasteiger partial charge in [-0.2, -0.15) is 5.26 Å². The van der Waals surface area contributed by atoms with Crippen molar-refractivity contribution < 1.29 is 13.2 Å². The van der Waals surface area contributed by atoms with E-state index in [1.165, 1.54) is 24.3 Å². The average molecular weight is 297 g/mol. The van der Waals surface area contributed by atoms with Gasteiger partial charge in [0.25, 0.3) is 0 Å². The topological polar surface area (TPSA) is 75.0 Å². The van der Waals surface area contributed by atoms with Gasteiger partial charge in [0.1, 0.15) is 0 Å². The zero-order valence-corrected chi connectivity index (χ0v) is 12.1. The lowest BCUT2D eigenvalue weighted by molar-refractivity contribution is 0.103. The number of aryl methyl sites for hydroxylation is 1. The quantitative estimate of drug-likeness (QED) is 0.691. The Morgan fingerprint density at radius 1 is 1.05 bits per heavy atom. The Kier molecular flexibility index (Phi) is 2.92. The molecule has 0 saturated heterocycles. The minimum atomic E-state index is -3.76. The molecule has 0 fully saturated rings. The minimum absolute atomic E-state index is 0.0206. The van der Waals surface area contributed by atoms with E-state index in [9.17, 15) is 13.2 Å². The highest BCUT2D eigenvalue weighted by molar-refractivity contribution is 7.91. The van der Waals surface area contributed by atoms with E-state index in [4.69, 9.17) is 5.26 Å². The molecule has 1 aliphatic heterocycles. The number of hydrogen-bond acceptors (Lipinski definition) is 4. The average Bonchev–Trinajstić information content (AvgIpc) is 2.52. The normalized spacial score (nSPS) is 15.0. The van der Waals surface area contributed by atoms with Crippen LogP contribution in [0, 0.1) is 11.3 Å². The van der Waals surface area contributed by atoms with Crippen molar-refractivity contribution in [3.8, 4) is 6.07 Å². The number of carbonyl (C=O) groups is 1. The zero-order valence-electron chi connectivity index (χ0n) is 11.3. The number of hydrogen-bond donors (Lipinski definition) is 0. The molecule has 0 spiro atoms. The van der Waals surface area contributed by atoms with Crippen LogP contribution in [0.1, 0.15) is 34.0 Å². The maximum atomic E-state index is 12.6. The molecule has 0 radical (unpaired) electrons. The number of carbonyl (C=O) groups excluding carboxylic acids is 1. The summed E-state index contributed by atoms with van der Waals surface area (Å²) >= 11 is 0. The molecule has 0 aromatic heterocycles. The Balaban J connectivity index is 2.36. The fourth-order valence-corrected chi connectivity index (χ4v) is 4.13. The molecule has 0 N–H and O–H groups in total. The zero-order chi connectivity index (χ0) is 15.2. The molecule has 4 nitrogen and oxygen atoms in total. The van der Waals surface area contributed by atoms with E-state index in [1.54, 1.807) is 12.1 Å². The summed E-state index contributed by atoms with van der Waals surface area (Å²) in [5.74, 6) is -0.311. The second kappa shape index (κ2) is 4.54. The smallest absolute Gasteiger partial charge is 0.208 e. The Bertz CT molecular complexity index is 921. The maximum Gasteiger partial charge on any atom is 0.208 e. The largest absolute Gasteiger partial charge is 0.289 e. The SMILES string of the molecule is CCc1ccc2c(c1)C(=O)c1ccc(C#N)cc1S2(=O)=O. The number of benzene rings is 2. The lowest BCUT2D eigenvalue weighted by Gasteiger charge is -2.19. The molecule has 0 unspecified atom stereocenters. The van der Waals surface area contributed by atoms with Gasteiger partial charge in [-0.15, -0.1) is 0 Å². The summed E-state index contributed by atoms with van der Waals surface area (Å²) in [5, 5.41) is 8.91. The Morgan fingerprint density at radius 3 is 2.48 bits per heavy atom. The van der Waals surface area contributed by atoms with E-state index >= 15 is 0 Å². The molecule has 0 bridgehead atoms. The summed E-state index contributed by atoms with van der Waals surface area (Å²) < 4.78 is 25.3. The predicted molar refractivity (Wildman–Crippen MR) is 75.9 cm³/mol. The van der Waals surface area contributed by atoms with Gasteiger partial charge in [-0.3, -0.25) is 4.79 Å². The molecule has 0 amide bonds. The number of fused-ring (bicyclic) bond motifs is 2. The van der Waals surface area contributed by atoms with Gasteiger partial charge in [-0.25, -0.2) is 8.42 Å². The molecule has 5 heteroatoms. The van der Waals surface area contributed by atoms with Gasteiger partial charge >= 0.3 is 0 Å². The Labute approximate surface area is 122 Å². The van der Waals surface area contributed by atoms with Gasteiger partial charge < -0.3 is 0 Å². The van der Waals surface area contributed by atoms with Gasteiger partial charge in [0.05, 0.1) is 21.4 Å². The molecule has 2 aromatic carbocycles. The standard InChI is InChI=1S/C16H11NO3S/c1-2-10-4-6-14-13(7-10)16(18)12-5-3-11(9-17)8-15(12)21(14,19)20/h3-8H,2H2,1H3. The van der Waals surface area contributed by atoms with Crippen molar-refractivity contribution in [3.63, 3.8) is 0 Å². The van der Waals surface area contributed by atoms with Crippen LogP contribution in [0.25, 0.3) is 0 Å². The highest BCUT2D eigenvalue weighted by atomic mass is 32.2. The highest BCUT2D eigenvalue weighted by Gasteiger charge is 2.34.